The monoisotopic (exact) mass is 378 g/mol. The maximum atomic E-state index is 12.0. The van der Waals surface area contributed by atoms with Gasteiger partial charge in [-0.3, -0.25) is 9.59 Å². The molecule has 0 aliphatic heterocycles. The number of nitrogens with zero attached hydrogens (tertiary/aromatic N) is 1. The molecule has 4 nitrogen and oxygen atoms in total. The maximum absolute atomic E-state index is 12.0. The fourth-order valence-corrected chi connectivity index (χ4v) is 2.94. The Morgan fingerprint density at radius 2 is 1.80 bits per heavy atom. The van der Waals surface area contributed by atoms with Gasteiger partial charge in [0.1, 0.15) is 0 Å². The molecule has 0 spiro atoms. The number of amides is 2. The lowest BCUT2D eigenvalue weighted by Gasteiger charge is -2.20. The highest BCUT2D eigenvalue weighted by Gasteiger charge is 2.13. The van der Waals surface area contributed by atoms with Crippen LogP contribution in [-0.2, 0) is 16.0 Å². The fourth-order valence-electron chi connectivity index (χ4n) is 2.44. The molecule has 0 saturated heterocycles. The zero-order valence-corrected chi connectivity index (χ0v) is 15.5. The number of rotatable bonds is 7. The van der Waals surface area contributed by atoms with E-state index >= 15 is 0 Å². The molecule has 0 saturated carbocycles. The Morgan fingerprint density at radius 1 is 1.08 bits per heavy atom. The molecule has 132 valence electrons. The largest absolute Gasteiger partial charge is 0.356 e. The second-order valence-electron chi connectivity index (χ2n) is 5.59. The minimum Gasteiger partial charge on any atom is -0.356 e. The number of hydrogen-bond acceptors (Lipinski definition) is 2. The lowest BCUT2D eigenvalue weighted by Crippen LogP contribution is -2.34. The van der Waals surface area contributed by atoms with Crippen molar-refractivity contribution in [2.24, 2.45) is 0 Å². The van der Waals surface area contributed by atoms with Gasteiger partial charge in [-0.2, -0.15) is 0 Å². The third-order valence-electron chi connectivity index (χ3n) is 3.74. The maximum Gasteiger partial charge on any atom is 0.223 e. The first kappa shape index (κ1) is 19.3. The van der Waals surface area contributed by atoms with Gasteiger partial charge in [-0.15, -0.1) is 0 Å². The van der Waals surface area contributed by atoms with Crippen LogP contribution in [0.4, 0.5) is 5.69 Å². The molecule has 2 aromatic rings. The number of anilines is 1. The minimum absolute atomic E-state index is 0.0908. The van der Waals surface area contributed by atoms with E-state index in [1.54, 1.807) is 17.0 Å². The molecule has 0 bridgehead atoms. The van der Waals surface area contributed by atoms with Crippen molar-refractivity contribution in [3.63, 3.8) is 0 Å². The lowest BCUT2D eigenvalue weighted by atomic mass is 10.1. The highest BCUT2D eigenvalue weighted by molar-refractivity contribution is 6.35. The molecule has 0 aliphatic rings. The summed E-state index contributed by atoms with van der Waals surface area (Å²) >= 11 is 12.0. The molecular formula is C19H20Cl2N2O2. The standard InChI is InChI=1S/C19H20Cl2N2O2/c1-14(24)23(17-5-3-2-4-6-17)12-10-19(25)22-11-9-15-7-8-16(20)13-18(15)21/h2-8,13H,9-12H2,1H3,(H,22,25). The van der Waals surface area contributed by atoms with Crippen molar-refractivity contribution in [2.45, 2.75) is 19.8 Å². The second-order valence-corrected chi connectivity index (χ2v) is 6.44. The Hall–Kier alpha value is -2.04. The molecule has 0 atom stereocenters. The molecule has 0 heterocycles. The number of halogens is 2. The summed E-state index contributed by atoms with van der Waals surface area (Å²) in [6, 6.07) is 14.6. The van der Waals surface area contributed by atoms with Gasteiger partial charge in [-0.05, 0) is 36.2 Å². The van der Waals surface area contributed by atoms with Crippen molar-refractivity contribution < 1.29 is 9.59 Å². The second kappa shape index (κ2) is 9.44. The van der Waals surface area contributed by atoms with Gasteiger partial charge in [-0.25, -0.2) is 0 Å². The summed E-state index contributed by atoms with van der Waals surface area (Å²) in [7, 11) is 0. The summed E-state index contributed by atoms with van der Waals surface area (Å²) in [6.45, 7) is 2.31. The zero-order chi connectivity index (χ0) is 18.2. The van der Waals surface area contributed by atoms with E-state index in [9.17, 15) is 9.59 Å². The third-order valence-corrected chi connectivity index (χ3v) is 4.33. The molecule has 1 N–H and O–H groups in total. The molecule has 2 rings (SSSR count). The Kier molecular flexibility index (Phi) is 7.29. The zero-order valence-electron chi connectivity index (χ0n) is 14.0. The van der Waals surface area contributed by atoms with Gasteiger partial charge in [0.25, 0.3) is 0 Å². The number of para-hydroxylation sites is 1. The molecular weight excluding hydrogens is 359 g/mol. The first-order valence-electron chi connectivity index (χ1n) is 8.01. The summed E-state index contributed by atoms with van der Waals surface area (Å²) in [4.78, 5) is 25.4. The van der Waals surface area contributed by atoms with Gasteiger partial charge in [-0.1, -0.05) is 47.5 Å². The van der Waals surface area contributed by atoms with Crippen molar-refractivity contribution >= 4 is 40.7 Å². The average molecular weight is 379 g/mol. The van der Waals surface area contributed by atoms with Crippen molar-refractivity contribution in [1.82, 2.24) is 5.32 Å². The molecule has 25 heavy (non-hydrogen) atoms. The van der Waals surface area contributed by atoms with Gasteiger partial charge in [0, 0.05) is 42.2 Å². The van der Waals surface area contributed by atoms with E-state index in [-0.39, 0.29) is 18.2 Å². The van der Waals surface area contributed by atoms with Gasteiger partial charge in [0.05, 0.1) is 0 Å². The van der Waals surface area contributed by atoms with Crippen LogP contribution < -0.4 is 10.2 Å². The smallest absolute Gasteiger partial charge is 0.223 e. The number of carbonyl (C=O) groups excluding carboxylic acids is 2. The van der Waals surface area contributed by atoms with Crippen LogP contribution in [0.25, 0.3) is 0 Å². The number of carbonyl (C=O) groups is 2. The SMILES string of the molecule is CC(=O)N(CCC(=O)NCCc1ccc(Cl)cc1Cl)c1ccccc1. The molecule has 2 amide bonds. The Balaban J connectivity index is 1.80. The quantitative estimate of drug-likeness (QED) is 0.788. The molecule has 0 fully saturated rings. The van der Waals surface area contributed by atoms with Gasteiger partial charge in [0.2, 0.25) is 11.8 Å². The lowest BCUT2D eigenvalue weighted by molar-refractivity contribution is -0.121. The molecule has 0 aliphatic carbocycles. The van der Waals surface area contributed by atoms with Crippen molar-refractivity contribution in [1.29, 1.82) is 0 Å². The van der Waals surface area contributed by atoms with E-state index < -0.39 is 0 Å². The summed E-state index contributed by atoms with van der Waals surface area (Å²) in [5.41, 5.74) is 1.72. The normalized spacial score (nSPS) is 10.4. The number of nitrogens with one attached hydrogen (secondary N) is 1. The van der Waals surface area contributed by atoms with Crippen LogP contribution in [0.15, 0.2) is 48.5 Å². The first-order valence-corrected chi connectivity index (χ1v) is 8.76. The van der Waals surface area contributed by atoms with Gasteiger partial charge in [0.15, 0.2) is 0 Å². The minimum atomic E-state index is -0.104. The van der Waals surface area contributed by atoms with Crippen LogP contribution in [0.2, 0.25) is 10.0 Å². The van der Waals surface area contributed by atoms with E-state index in [0.717, 1.165) is 11.3 Å². The Labute approximate surface area is 157 Å². The van der Waals surface area contributed by atoms with E-state index in [0.29, 0.717) is 29.6 Å². The van der Waals surface area contributed by atoms with Crippen LogP contribution in [-0.4, -0.2) is 24.9 Å². The van der Waals surface area contributed by atoms with Crippen molar-refractivity contribution in [2.75, 3.05) is 18.0 Å². The van der Waals surface area contributed by atoms with E-state index in [4.69, 9.17) is 23.2 Å². The van der Waals surface area contributed by atoms with Crippen molar-refractivity contribution in [3.05, 3.63) is 64.1 Å². The van der Waals surface area contributed by atoms with Crippen LogP contribution in [0, 0.1) is 0 Å². The molecule has 0 radical (unpaired) electrons. The first-order chi connectivity index (χ1) is 12.0. The van der Waals surface area contributed by atoms with E-state index in [1.807, 2.05) is 36.4 Å². The van der Waals surface area contributed by atoms with Crippen LogP contribution in [0.5, 0.6) is 0 Å². The number of hydrogen-bond donors (Lipinski definition) is 1. The molecule has 2 aromatic carbocycles. The predicted molar refractivity (Wildman–Crippen MR) is 102 cm³/mol. The van der Waals surface area contributed by atoms with Gasteiger partial charge < -0.3 is 10.2 Å². The Bertz CT molecular complexity index is 735. The summed E-state index contributed by atoms with van der Waals surface area (Å²) < 4.78 is 0. The molecule has 0 aromatic heterocycles. The predicted octanol–water partition coefficient (Wildman–Crippen LogP) is 4.10. The number of benzene rings is 2. The summed E-state index contributed by atoms with van der Waals surface area (Å²) in [6.07, 6.45) is 0.861. The highest BCUT2D eigenvalue weighted by atomic mass is 35.5. The molecule has 0 unspecified atom stereocenters. The summed E-state index contributed by atoms with van der Waals surface area (Å²) in [5.74, 6) is -0.195. The van der Waals surface area contributed by atoms with E-state index in [1.165, 1.54) is 6.92 Å². The van der Waals surface area contributed by atoms with E-state index in [2.05, 4.69) is 5.32 Å². The Morgan fingerprint density at radius 3 is 2.44 bits per heavy atom. The van der Waals surface area contributed by atoms with Gasteiger partial charge >= 0.3 is 0 Å². The third kappa shape index (κ3) is 6.07. The molecule has 6 heteroatoms. The fraction of sp³-hybridized carbons (Fsp3) is 0.263. The van der Waals surface area contributed by atoms with Crippen LogP contribution in [0.3, 0.4) is 0 Å². The topological polar surface area (TPSA) is 49.4 Å². The van der Waals surface area contributed by atoms with Crippen molar-refractivity contribution in [3.8, 4) is 0 Å². The summed E-state index contributed by atoms with van der Waals surface area (Å²) in [5, 5.41) is 4.03. The van der Waals surface area contributed by atoms with Crippen LogP contribution >= 0.6 is 23.2 Å². The van der Waals surface area contributed by atoms with Crippen LogP contribution in [0.1, 0.15) is 18.9 Å². The highest BCUT2D eigenvalue weighted by Crippen LogP contribution is 2.21. The average Bonchev–Trinajstić information content (AvgIpc) is 2.57.